The SMILES string of the molecule is CCN1CCN(c2ncc(Br)cc2CNC)CC1C. The molecule has 1 aromatic heterocycles. The van der Waals surface area contributed by atoms with E-state index in [1.165, 1.54) is 5.56 Å². The molecule has 1 aliphatic rings. The van der Waals surface area contributed by atoms with E-state index in [4.69, 9.17) is 0 Å². The molecular weight excluding hydrogens is 304 g/mol. The van der Waals surface area contributed by atoms with E-state index in [9.17, 15) is 0 Å². The van der Waals surface area contributed by atoms with E-state index in [2.05, 4.69) is 55.9 Å². The highest BCUT2D eigenvalue weighted by Gasteiger charge is 2.24. The van der Waals surface area contributed by atoms with Gasteiger partial charge in [-0.05, 0) is 42.5 Å². The highest BCUT2D eigenvalue weighted by molar-refractivity contribution is 9.10. The van der Waals surface area contributed by atoms with Crippen LogP contribution in [0.3, 0.4) is 0 Å². The molecule has 0 aromatic carbocycles. The zero-order valence-electron chi connectivity index (χ0n) is 12.0. The second kappa shape index (κ2) is 6.68. The largest absolute Gasteiger partial charge is 0.354 e. The number of hydrogen-bond acceptors (Lipinski definition) is 4. The molecule has 1 unspecified atom stereocenters. The van der Waals surface area contributed by atoms with Gasteiger partial charge in [0.1, 0.15) is 5.82 Å². The number of anilines is 1. The molecule has 0 spiro atoms. The molecule has 19 heavy (non-hydrogen) atoms. The number of nitrogens with zero attached hydrogens (tertiary/aromatic N) is 3. The van der Waals surface area contributed by atoms with E-state index in [0.29, 0.717) is 6.04 Å². The van der Waals surface area contributed by atoms with Crippen LogP contribution in [-0.2, 0) is 6.54 Å². The van der Waals surface area contributed by atoms with Crippen LogP contribution in [0.25, 0.3) is 0 Å². The highest BCUT2D eigenvalue weighted by Crippen LogP contribution is 2.24. The fourth-order valence-corrected chi connectivity index (χ4v) is 3.12. The summed E-state index contributed by atoms with van der Waals surface area (Å²) in [5, 5.41) is 3.22. The van der Waals surface area contributed by atoms with Crippen molar-refractivity contribution in [2.24, 2.45) is 0 Å². The average Bonchev–Trinajstić information content (AvgIpc) is 2.39. The van der Waals surface area contributed by atoms with E-state index in [0.717, 1.165) is 43.0 Å². The first-order chi connectivity index (χ1) is 9.15. The van der Waals surface area contributed by atoms with Crippen molar-refractivity contribution < 1.29 is 0 Å². The van der Waals surface area contributed by atoms with Crippen molar-refractivity contribution in [1.29, 1.82) is 0 Å². The number of rotatable bonds is 4. The van der Waals surface area contributed by atoms with Crippen LogP contribution >= 0.6 is 15.9 Å². The Kier molecular flexibility index (Phi) is 5.19. The van der Waals surface area contributed by atoms with Gasteiger partial charge in [0.05, 0.1) is 0 Å². The van der Waals surface area contributed by atoms with Crippen molar-refractivity contribution in [3.63, 3.8) is 0 Å². The van der Waals surface area contributed by atoms with Crippen molar-refractivity contribution in [3.8, 4) is 0 Å². The lowest BCUT2D eigenvalue weighted by Gasteiger charge is -2.40. The molecule has 0 aliphatic carbocycles. The molecule has 1 fully saturated rings. The van der Waals surface area contributed by atoms with Gasteiger partial charge in [0.15, 0.2) is 0 Å². The van der Waals surface area contributed by atoms with E-state index in [1.54, 1.807) is 0 Å². The third kappa shape index (κ3) is 3.46. The summed E-state index contributed by atoms with van der Waals surface area (Å²) in [5.74, 6) is 1.13. The molecule has 1 aliphatic heterocycles. The Morgan fingerprint density at radius 3 is 2.89 bits per heavy atom. The molecule has 2 heterocycles. The number of pyridine rings is 1. The predicted molar refractivity (Wildman–Crippen MR) is 83.6 cm³/mol. The second-order valence-electron chi connectivity index (χ2n) is 5.09. The minimum Gasteiger partial charge on any atom is -0.354 e. The fraction of sp³-hybridized carbons (Fsp3) is 0.643. The molecule has 0 bridgehead atoms. The van der Waals surface area contributed by atoms with Gasteiger partial charge in [-0.2, -0.15) is 0 Å². The Bertz CT molecular complexity index is 424. The maximum absolute atomic E-state index is 4.63. The summed E-state index contributed by atoms with van der Waals surface area (Å²) in [4.78, 5) is 9.56. The van der Waals surface area contributed by atoms with Gasteiger partial charge in [0.2, 0.25) is 0 Å². The van der Waals surface area contributed by atoms with E-state index >= 15 is 0 Å². The van der Waals surface area contributed by atoms with Crippen LogP contribution in [0.2, 0.25) is 0 Å². The Morgan fingerprint density at radius 2 is 2.26 bits per heavy atom. The van der Waals surface area contributed by atoms with Crippen LogP contribution in [0.15, 0.2) is 16.7 Å². The minimum absolute atomic E-state index is 0.589. The lowest BCUT2D eigenvalue weighted by Crippen LogP contribution is -2.52. The first-order valence-corrected chi connectivity index (χ1v) is 7.73. The number of likely N-dealkylation sites (N-methyl/N-ethyl adjacent to an activating group) is 1. The second-order valence-corrected chi connectivity index (χ2v) is 6.01. The van der Waals surface area contributed by atoms with Crippen LogP contribution in [0.1, 0.15) is 19.4 Å². The Morgan fingerprint density at radius 1 is 1.47 bits per heavy atom. The van der Waals surface area contributed by atoms with Gasteiger partial charge in [-0.3, -0.25) is 4.90 Å². The van der Waals surface area contributed by atoms with Crippen LogP contribution in [0.5, 0.6) is 0 Å². The molecule has 1 N–H and O–H groups in total. The molecule has 1 aromatic rings. The highest BCUT2D eigenvalue weighted by atomic mass is 79.9. The van der Waals surface area contributed by atoms with Gasteiger partial charge in [-0.1, -0.05) is 6.92 Å². The van der Waals surface area contributed by atoms with Gasteiger partial charge >= 0.3 is 0 Å². The molecule has 0 amide bonds. The number of piperazine rings is 1. The number of nitrogens with one attached hydrogen (secondary N) is 1. The molecule has 0 saturated carbocycles. The normalized spacial score (nSPS) is 20.8. The predicted octanol–water partition coefficient (Wildman–Crippen LogP) is 2.09. The maximum atomic E-state index is 4.63. The summed E-state index contributed by atoms with van der Waals surface area (Å²) < 4.78 is 1.04. The monoisotopic (exact) mass is 326 g/mol. The molecule has 1 atom stereocenters. The lowest BCUT2D eigenvalue weighted by molar-refractivity contribution is 0.199. The molecular formula is C14H23BrN4. The average molecular weight is 327 g/mol. The topological polar surface area (TPSA) is 31.4 Å². The smallest absolute Gasteiger partial charge is 0.133 e. The van der Waals surface area contributed by atoms with Crippen molar-refractivity contribution in [3.05, 3.63) is 22.3 Å². The molecule has 106 valence electrons. The van der Waals surface area contributed by atoms with Gasteiger partial charge < -0.3 is 10.2 Å². The van der Waals surface area contributed by atoms with E-state index in [-0.39, 0.29) is 0 Å². The van der Waals surface area contributed by atoms with Crippen molar-refractivity contribution >= 4 is 21.7 Å². The molecule has 4 nitrogen and oxygen atoms in total. The molecule has 2 rings (SSSR count). The first kappa shape index (κ1) is 14.8. The van der Waals surface area contributed by atoms with Crippen LogP contribution in [0, 0.1) is 0 Å². The number of aromatic nitrogens is 1. The Balaban J connectivity index is 2.18. The van der Waals surface area contributed by atoms with Crippen LogP contribution in [0.4, 0.5) is 5.82 Å². The Labute approximate surface area is 124 Å². The van der Waals surface area contributed by atoms with Crippen molar-refractivity contribution in [1.82, 2.24) is 15.2 Å². The summed E-state index contributed by atoms with van der Waals surface area (Å²) in [6.45, 7) is 9.75. The van der Waals surface area contributed by atoms with Crippen molar-refractivity contribution in [2.75, 3.05) is 38.1 Å². The molecule has 5 heteroatoms. The van der Waals surface area contributed by atoms with Gasteiger partial charge in [-0.15, -0.1) is 0 Å². The van der Waals surface area contributed by atoms with Crippen LogP contribution in [-0.4, -0.2) is 49.2 Å². The zero-order valence-corrected chi connectivity index (χ0v) is 13.6. The Hall–Kier alpha value is -0.650. The van der Waals surface area contributed by atoms with Gasteiger partial charge in [-0.25, -0.2) is 4.98 Å². The fourth-order valence-electron chi connectivity index (χ4n) is 2.74. The third-order valence-electron chi connectivity index (χ3n) is 3.75. The van der Waals surface area contributed by atoms with Crippen molar-refractivity contribution in [2.45, 2.75) is 26.4 Å². The number of halogens is 1. The minimum atomic E-state index is 0.589. The molecule has 1 saturated heterocycles. The molecule has 0 radical (unpaired) electrons. The summed E-state index contributed by atoms with van der Waals surface area (Å²) >= 11 is 3.51. The quantitative estimate of drug-likeness (QED) is 0.918. The van der Waals surface area contributed by atoms with Crippen LogP contribution < -0.4 is 10.2 Å². The standard InChI is InChI=1S/C14H23BrN4/c1-4-18-5-6-19(10-11(18)2)14-12(8-16-3)7-13(15)9-17-14/h7,9,11,16H,4-6,8,10H2,1-3H3. The zero-order chi connectivity index (χ0) is 13.8. The van der Waals surface area contributed by atoms with Gasteiger partial charge in [0.25, 0.3) is 0 Å². The summed E-state index contributed by atoms with van der Waals surface area (Å²) in [5.41, 5.74) is 1.26. The third-order valence-corrected chi connectivity index (χ3v) is 4.18. The summed E-state index contributed by atoms with van der Waals surface area (Å²) in [6, 6.07) is 2.75. The summed E-state index contributed by atoms with van der Waals surface area (Å²) in [6.07, 6.45) is 1.89. The maximum Gasteiger partial charge on any atom is 0.133 e. The van der Waals surface area contributed by atoms with E-state index < -0.39 is 0 Å². The lowest BCUT2D eigenvalue weighted by atomic mass is 10.1. The number of hydrogen-bond donors (Lipinski definition) is 1. The van der Waals surface area contributed by atoms with E-state index in [1.807, 2.05) is 13.2 Å². The summed E-state index contributed by atoms with van der Waals surface area (Å²) in [7, 11) is 1.97. The van der Waals surface area contributed by atoms with Gasteiger partial charge in [0, 0.05) is 48.5 Å². The first-order valence-electron chi connectivity index (χ1n) is 6.93.